The zero-order valence-corrected chi connectivity index (χ0v) is 18.9. The molecule has 1 fully saturated rings. The monoisotopic (exact) mass is 447 g/mol. The fourth-order valence-corrected chi connectivity index (χ4v) is 4.30. The fourth-order valence-electron chi connectivity index (χ4n) is 4.30. The van der Waals surface area contributed by atoms with Crippen molar-refractivity contribution < 1.29 is 9.59 Å². The van der Waals surface area contributed by atoms with Crippen molar-refractivity contribution in [2.24, 2.45) is 15.4 Å². The number of carbonyl (C=O) groups is 2. The van der Waals surface area contributed by atoms with Gasteiger partial charge < -0.3 is 21.3 Å². The highest BCUT2D eigenvalue weighted by Crippen LogP contribution is 2.40. The molecule has 33 heavy (non-hydrogen) atoms. The first-order valence-electron chi connectivity index (χ1n) is 11.2. The SMILES string of the molecule is CC1(C)CC=C(c2cc(C3CNC(=NC=O)NC3)ccc2NC(=O)C2=NC(C#N)CN2)CC1. The van der Waals surface area contributed by atoms with E-state index in [0.717, 1.165) is 36.1 Å². The Labute approximate surface area is 193 Å². The van der Waals surface area contributed by atoms with E-state index in [-0.39, 0.29) is 23.1 Å². The first-order chi connectivity index (χ1) is 15.9. The molecule has 172 valence electrons. The summed E-state index contributed by atoms with van der Waals surface area (Å²) in [6.45, 7) is 6.21. The topological polar surface area (TPSA) is 131 Å². The molecule has 1 atom stereocenters. The van der Waals surface area contributed by atoms with E-state index in [0.29, 0.717) is 32.0 Å². The average molecular weight is 448 g/mol. The molecule has 1 aliphatic carbocycles. The van der Waals surface area contributed by atoms with Crippen LogP contribution in [0.2, 0.25) is 0 Å². The number of nitriles is 1. The molecule has 0 spiro atoms. The normalized spacial score (nSPS) is 23.6. The van der Waals surface area contributed by atoms with Crippen molar-refractivity contribution in [1.29, 1.82) is 5.26 Å². The van der Waals surface area contributed by atoms with Crippen molar-refractivity contribution in [3.63, 3.8) is 0 Å². The minimum absolute atomic E-state index is 0.192. The Hall–Kier alpha value is -3.67. The summed E-state index contributed by atoms with van der Waals surface area (Å²) in [5.41, 5.74) is 4.38. The number of amidine groups is 1. The van der Waals surface area contributed by atoms with Crippen LogP contribution in [0, 0.1) is 16.7 Å². The van der Waals surface area contributed by atoms with Crippen molar-refractivity contribution >= 4 is 35.4 Å². The molecule has 4 rings (SSSR count). The number of hydrogen-bond donors (Lipinski definition) is 4. The fraction of sp³-hybridized carbons (Fsp3) is 0.458. The van der Waals surface area contributed by atoms with Gasteiger partial charge in [-0.15, -0.1) is 0 Å². The standard InChI is InChI=1S/C24H29N7O2/c1-24(2)7-5-15(6-8-24)19-9-16(17-11-27-23(28-12-17)29-14-32)3-4-20(19)31-22(33)21-26-13-18(10-25)30-21/h3-5,9,14,17-18H,6-8,11-13H2,1-2H3,(H,26,30)(H,31,33)(H2,27,28,29,32). The van der Waals surface area contributed by atoms with E-state index in [1.807, 2.05) is 12.1 Å². The highest BCUT2D eigenvalue weighted by Gasteiger charge is 2.26. The van der Waals surface area contributed by atoms with E-state index < -0.39 is 6.04 Å². The molecule has 1 saturated heterocycles. The van der Waals surface area contributed by atoms with Crippen LogP contribution in [-0.4, -0.2) is 49.8 Å². The maximum atomic E-state index is 12.8. The number of anilines is 1. The van der Waals surface area contributed by atoms with Gasteiger partial charge in [-0.3, -0.25) is 9.59 Å². The third-order valence-corrected chi connectivity index (χ3v) is 6.41. The Kier molecular flexibility index (Phi) is 6.45. The molecule has 1 unspecified atom stereocenters. The van der Waals surface area contributed by atoms with Crippen LogP contribution in [0.15, 0.2) is 34.3 Å². The lowest BCUT2D eigenvalue weighted by molar-refractivity contribution is -0.110. The second kappa shape index (κ2) is 9.45. The molecular formula is C24H29N7O2. The van der Waals surface area contributed by atoms with Crippen molar-refractivity contribution in [2.75, 3.05) is 25.0 Å². The predicted molar refractivity (Wildman–Crippen MR) is 128 cm³/mol. The average Bonchev–Trinajstić information content (AvgIpc) is 3.30. The number of guanidine groups is 1. The van der Waals surface area contributed by atoms with Crippen LogP contribution in [0.25, 0.3) is 5.57 Å². The molecule has 0 radical (unpaired) electrons. The molecule has 2 heterocycles. The molecule has 3 aliphatic rings. The van der Waals surface area contributed by atoms with E-state index in [9.17, 15) is 9.59 Å². The number of aliphatic imine (C=N–C) groups is 2. The number of rotatable bonds is 5. The Morgan fingerprint density at radius 3 is 2.70 bits per heavy atom. The van der Waals surface area contributed by atoms with E-state index in [4.69, 9.17) is 5.26 Å². The lowest BCUT2D eigenvalue weighted by Gasteiger charge is -2.30. The molecular weight excluding hydrogens is 418 g/mol. The predicted octanol–water partition coefficient (Wildman–Crippen LogP) is 1.90. The largest absolute Gasteiger partial charge is 0.362 e. The highest BCUT2D eigenvalue weighted by molar-refractivity contribution is 6.42. The van der Waals surface area contributed by atoms with Gasteiger partial charge in [-0.05, 0) is 47.9 Å². The number of nitrogens with zero attached hydrogens (tertiary/aromatic N) is 3. The van der Waals surface area contributed by atoms with Crippen LogP contribution in [0.3, 0.4) is 0 Å². The highest BCUT2D eigenvalue weighted by atomic mass is 16.2. The van der Waals surface area contributed by atoms with Crippen LogP contribution in [0.1, 0.15) is 50.2 Å². The summed E-state index contributed by atoms with van der Waals surface area (Å²) in [5.74, 6) is 0.535. The van der Waals surface area contributed by atoms with Gasteiger partial charge in [0.15, 0.2) is 17.8 Å². The van der Waals surface area contributed by atoms with Gasteiger partial charge in [-0.2, -0.15) is 10.3 Å². The van der Waals surface area contributed by atoms with E-state index in [1.54, 1.807) is 0 Å². The summed E-state index contributed by atoms with van der Waals surface area (Å²) in [4.78, 5) is 31.3. The third-order valence-electron chi connectivity index (χ3n) is 6.41. The van der Waals surface area contributed by atoms with Crippen molar-refractivity contribution in [1.82, 2.24) is 16.0 Å². The van der Waals surface area contributed by atoms with Gasteiger partial charge in [-0.1, -0.05) is 26.0 Å². The molecule has 0 saturated carbocycles. The Morgan fingerprint density at radius 1 is 1.27 bits per heavy atom. The van der Waals surface area contributed by atoms with Crippen molar-refractivity contribution in [3.8, 4) is 6.07 Å². The van der Waals surface area contributed by atoms with Crippen molar-refractivity contribution in [3.05, 3.63) is 35.4 Å². The Morgan fingerprint density at radius 2 is 2.06 bits per heavy atom. The second-order valence-electron chi connectivity index (χ2n) is 9.40. The van der Waals surface area contributed by atoms with Gasteiger partial charge in [0.25, 0.3) is 5.91 Å². The molecule has 9 nitrogen and oxygen atoms in total. The quantitative estimate of drug-likeness (QED) is 0.510. The summed E-state index contributed by atoms with van der Waals surface area (Å²) >= 11 is 0. The molecule has 2 amide bonds. The van der Waals surface area contributed by atoms with Crippen LogP contribution in [0.4, 0.5) is 5.69 Å². The molecule has 0 aromatic heterocycles. The van der Waals surface area contributed by atoms with Gasteiger partial charge in [0.2, 0.25) is 6.41 Å². The first-order valence-corrected chi connectivity index (χ1v) is 11.2. The van der Waals surface area contributed by atoms with E-state index >= 15 is 0 Å². The summed E-state index contributed by atoms with van der Waals surface area (Å²) in [6, 6.07) is 7.64. The molecule has 1 aromatic rings. The summed E-state index contributed by atoms with van der Waals surface area (Å²) in [5, 5.41) is 21.2. The lowest BCUT2D eigenvalue weighted by atomic mass is 9.76. The van der Waals surface area contributed by atoms with Gasteiger partial charge >= 0.3 is 0 Å². The Bertz CT molecular complexity index is 1070. The van der Waals surface area contributed by atoms with Gasteiger partial charge in [0, 0.05) is 30.3 Å². The van der Waals surface area contributed by atoms with Gasteiger partial charge in [-0.25, -0.2) is 4.99 Å². The van der Waals surface area contributed by atoms with Gasteiger partial charge in [0.05, 0.1) is 12.6 Å². The summed E-state index contributed by atoms with van der Waals surface area (Å²) in [6.07, 6.45) is 5.79. The number of nitrogens with one attached hydrogen (secondary N) is 4. The number of benzene rings is 1. The molecule has 2 aliphatic heterocycles. The maximum Gasteiger partial charge on any atom is 0.290 e. The molecule has 9 heteroatoms. The van der Waals surface area contributed by atoms with E-state index in [1.165, 1.54) is 5.57 Å². The summed E-state index contributed by atoms with van der Waals surface area (Å²) < 4.78 is 0. The zero-order valence-electron chi connectivity index (χ0n) is 18.9. The number of hydrogen-bond acceptors (Lipinski definition) is 5. The van der Waals surface area contributed by atoms with Crippen LogP contribution < -0.4 is 21.3 Å². The first kappa shape index (κ1) is 22.5. The second-order valence-corrected chi connectivity index (χ2v) is 9.40. The third kappa shape index (κ3) is 5.22. The number of amides is 2. The number of carbonyl (C=O) groups excluding carboxylic acids is 2. The maximum absolute atomic E-state index is 12.8. The molecule has 1 aromatic carbocycles. The molecule has 4 N–H and O–H groups in total. The minimum Gasteiger partial charge on any atom is -0.362 e. The Balaban J connectivity index is 1.60. The molecule has 0 bridgehead atoms. The van der Waals surface area contributed by atoms with Gasteiger partial charge in [0.1, 0.15) is 0 Å². The van der Waals surface area contributed by atoms with Crippen molar-refractivity contribution in [2.45, 2.75) is 45.1 Å². The minimum atomic E-state index is -0.533. The smallest absolute Gasteiger partial charge is 0.290 e. The summed E-state index contributed by atoms with van der Waals surface area (Å²) in [7, 11) is 0. The number of allylic oxidation sites excluding steroid dienone is 2. The van der Waals surface area contributed by atoms with E-state index in [2.05, 4.69) is 63.3 Å². The lowest BCUT2D eigenvalue weighted by Crippen LogP contribution is -2.48. The van der Waals surface area contributed by atoms with Crippen LogP contribution >= 0.6 is 0 Å². The van der Waals surface area contributed by atoms with Crippen LogP contribution in [0.5, 0.6) is 0 Å². The zero-order chi connectivity index (χ0) is 23.4. The van der Waals surface area contributed by atoms with Crippen LogP contribution in [-0.2, 0) is 9.59 Å².